The van der Waals surface area contributed by atoms with Gasteiger partial charge < -0.3 is 10.2 Å². The quantitative estimate of drug-likeness (QED) is 0.562. The highest BCUT2D eigenvalue weighted by Gasteiger charge is 2.37. The number of aryl methyl sites for hydroxylation is 2. The second-order valence-electron chi connectivity index (χ2n) is 5.21. The molecular weight excluding hydrogens is 284 g/mol. The molecule has 0 aromatic carbocycles. The van der Waals surface area contributed by atoms with Gasteiger partial charge >= 0.3 is 0 Å². The Morgan fingerprint density at radius 1 is 1.05 bits per heavy atom. The molecule has 2 aromatic rings. The van der Waals surface area contributed by atoms with Crippen LogP contribution in [0.4, 0.5) is 0 Å². The molecule has 0 saturated carbocycles. The molecule has 3 rings (SSSR count). The van der Waals surface area contributed by atoms with E-state index in [1.807, 2.05) is 6.92 Å². The number of nitrogens with one attached hydrogen (secondary N) is 1. The van der Waals surface area contributed by atoms with Crippen LogP contribution in [0.2, 0.25) is 0 Å². The molecule has 6 nitrogen and oxygen atoms in total. The lowest BCUT2D eigenvalue weighted by atomic mass is 9.88. The fourth-order valence-corrected chi connectivity index (χ4v) is 2.67. The van der Waals surface area contributed by atoms with E-state index in [0.717, 1.165) is 0 Å². The first-order chi connectivity index (χ1) is 10.5. The maximum absolute atomic E-state index is 12.6. The van der Waals surface area contributed by atoms with Crippen LogP contribution in [0.25, 0.3) is 0 Å². The van der Waals surface area contributed by atoms with Gasteiger partial charge in [0.25, 0.3) is 17.0 Å². The zero-order valence-corrected chi connectivity index (χ0v) is 12.2. The second kappa shape index (κ2) is 4.91. The second-order valence-corrected chi connectivity index (χ2v) is 5.21. The molecular formula is C16H14N2O4. The lowest BCUT2D eigenvalue weighted by Gasteiger charge is -2.17. The predicted octanol–water partition coefficient (Wildman–Crippen LogP) is 0.908. The van der Waals surface area contributed by atoms with E-state index in [2.05, 4.69) is 4.98 Å². The average Bonchev–Trinajstić information content (AvgIpc) is 2.51. The van der Waals surface area contributed by atoms with Gasteiger partial charge in [0.15, 0.2) is 6.20 Å². The number of hydrogen-bond donors (Lipinski definition) is 1. The van der Waals surface area contributed by atoms with Crippen LogP contribution in [-0.2, 0) is 12.8 Å². The number of carbonyl (C=O) groups excluding carboxylic acids is 2. The number of rotatable bonds is 2. The van der Waals surface area contributed by atoms with Gasteiger partial charge in [-0.15, -0.1) is 0 Å². The smallest absolute Gasteiger partial charge is 0.277 e. The molecule has 0 spiro atoms. The maximum Gasteiger partial charge on any atom is 0.277 e. The first-order valence-electron chi connectivity index (χ1n) is 7.09. The van der Waals surface area contributed by atoms with Crippen molar-refractivity contribution in [1.29, 1.82) is 0 Å². The van der Waals surface area contributed by atoms with Crippen molar-refractivity contribution in [3.63, 3.8) is 0 Å². The zero-order chi connectivity index (χ0) is 16.0. The molecule has 0 fully saturated rings. The molecule has 2 aromatic heterocycles. The predicted molar refractivity (Wildman–Crippen MR) is 78.1 cm³/mol. The summed E-state index contributed by atoms with van der Waals surface area (Å²) in [5.74, 6) is -1.03. The van der Waals surface area contributed by atoms with E-state index >= 15 is 0 Å². The lowest BCUT2D eigenvalue weighted by Crippen LogP contribution is -2.41. The summed E-state index contributed by atoms with van der Waals surface area (Å²) in [6, 6.07) is 3.02. The third-order valence-corrected chi connectivity index (χ3v) is 3.93. The van der Waals surface area contributed by atoms with E-state index in [1.54, 1.807) is 13.0 Å². The molecule has 0 unspecified atom stereocenters. The summed E-state index contributed by atoms with van der Waals surface area (Å²) >= 11 is 0. The Bertz CT molecular complexity index is 880. The number of nitrogens with zero attached hydrogens (tertiary/aromatic N) is 1. The lowest BCUT2D eigenvalue weighted by molar-refractivity contribution is -0.608. The van der Waals surface area contributed by atoms with Crippen molar-refractivity contribution in [1.82, 2.24) is 4.98 Å². The Labute approximate surface area is 126 Å². The number of carbonyl (C=O) groups is 2. The normalized spacial score (nSPS) is 13.0. The standard InChI is InChI=1S/C16H14N2O4/c1-3-8-5-11-13(18(22)7-8)15(20)12-10(14(11)19)6-9(4-2)16(21)17-12/h5-7H,3-4H2,1-2H3,(H,17,21). The van der Waals surface area contributed by atoms with Gasteiger partial charge in [0, 0.05) is 11.1 Å². The molecule has 0 atom stereocenters. The number of H-pyrrole nitrogens is 1. The van der Waals surface area contributed by atoms with Crippen LogP contribution in [0.3, 0.4) is 0 Å². The summed E-state index contributed by atoms with van der Waals surface area (Å²) in [7, 11) is 0. The maximum atomic E-state index is 12.6. The van der Waals surface area contributed by atoms with Crippen LogP contribution in [0.5, 0.6) is 0 Å². The minimum absolute atomic E-state index is 0.0981. The number of aromatic amines is 1. The third-order valence-electron chi connectivity index (χ3n) is 3.93. The molecule has 1 aliphatic rings. The van der Waals surface area contributed by atoms with Crippen LogP contribution in [0, 0.1) is 5.21 Å². The third kappa shape index (κ3) is 1.88. The highest BCUT2D eigenvalue weighted by molar-refractivity contribution is 6.26. The summed E-state index contributed by atoms with van der Waals surface area (Å²) in [6.07, 6.45) is 2.32. The Balaban J connectivity index is 2.32. The van der Waals surface area contributed by atoms with E-state index in [1.165, 1.54) is 12.3 Å². The Morgan fingerprint density at radius 3 is 2.41 bits per heavy atom. The highest BCUT2D eigenvalue weighted by atomic mass is 16.5. The molecule has 0 saturated heterocycles. The van der Waals surface area contributed by atoms with Crippen molar-refractivity contribution in [2.75, 3.05) is 0 Å². The van der Waals surface area contributed by atoms with Crippen LogP contribution < -0.4 is 10.3 Å². The van der Waals surface area contributed by atoms with Gasteiger partial charge in [0.05, 0.1) is 5.56 Å². The summed E-state index contributed by atoms with van der Waals surface area (Å²) in [5.41, 5.74) is 0.628. The molecule has 1 N–H and O–H groups in total. The van der Waals surface area contributed by atoms with Crippen LogP contribution in [0.15, 0.2) is 23.1 Å². The summed E-state index contributed by atoms with van der Waals surface area (Å²) in [5, 5.41) is 12.1. The molecule has 1 aliphatic carbocycles. The number of hydrogen-bond acceptors (Lipinski definition) is 4. The molecule has 6 heteroatoms. The summed E-state index contributed by atoms with van der Waals surface area (Å²) in [4.78, 5) is 39.4. The number of fused-ring (bicyclic) bond motifs is 2. The Morgan fingerprint density at radius 2 is 1.77 bits per heavy atom. The van der Waals surface area contributed by atoms with Gasteiger partial charge in [0.1, 0.15) is 11.3 Å². The fourth-order valence-electron chi connectivity index (χ4n) is 2.67. The average molecular weight is 298 g/mol. The molecule has 0 bridgehead atoms. The van der Waals surface area contributed by atoms with Gasteiger partial charge in [-0.25, -0.2) is 0 Å². The van der Waals surface area contributed by atoms with Crippen LogP contribution in [-0.4, -0.2) is 16.6 Å². The van der Waals surface area contributed by atoms with Gasteiger partial charge in [-0.2, -0.15) is 4.73 Å². The monoisotopic (exact) mass is 298 g/mol. The largest absolute Gasteiger partial charge is 0.618 e. The van der Waals surface area contributed by atoms with Crippen molar-refractivity contribution < 1.29 is 14.3 Å². The molecule has 0 amide bonds. The van der Waals surface area contributed by atoms with Crippen molar-refractivity contribution in [2.45, 2.75) is 26.7 Å². The molecule has 0 aliphatic heterocycles. The van der Waals surface area contributed by atoms with Crippen molar-refractivity contribution in [3.8, 4) is 0 Å². The number of ketones is 2. The van der Waals surface area contributed by atoms with Crippen molar-refractivity contribution in [2.24, 2.45) is 0 Å². The van der Waals surface area contributed by atoms with Crippen LogP contribution in [0.1, 0.15) is 57.1 Å². The van der Waals surface area contributed by atoms with Crippen molar-refractivity contribution in [3.05, 3.63) is 67.5 Å². The minimum Gasteiger partial charge on any atom is -0.618 e. The number of aromatic nitrogens is 2. The summed E-state index contributed by atoms with van der Waals surface area (Å²) < 4.78 is 0.420. The SMILES string of the molecule is CCc1cc2c([n+]([O-])c1)C(=O)c1[nH]c(=O)c(CC)cc1C2=O. The van der Waals surface area contributed by atoms with Gasteiger partial charge in [0.2, 0.25) is 5.78 Å². The minimum atomic E-state index is -0.623. The van der Waals surface area contributed by atoms with E-state index < -0.39 is 17.1 Å². The number of pyridine rings is 2. The van der Waals surface area contributed by atoms with E-state index in [9.17, 15) is 19.6 Å². The van der Waals surface area contributed by atoms with Crippen molar-refractivity contribution >= 4 is 11.6 Å². The Hall–Kier alpha value is -2.76. The first-order valence-corrected chi connectivity index (χ1v) is 7.09. The van der Waals surface area contributed by atoms with Gasteiger partial charge in [-0.1, -0.05) is 13.8 Å². The summed E-state index contributed by atoms with van der Waals surface area (Å²) in [6.45, 7) is 3.65. The fraction of sp³-hybridized carbons (Fsp3) is 0.250. The molecule has 2 heterocycles. The van der Waals surface area contributed by atoms with E-state index in [-0.39, 0.29) is 22.5 Å². The highest BCUT2D eigenvalue weighted by Crippen LogP contribution is 2.24. The van der Waals surface area contributed by atoms with E-state index in [0.29, 0.717) is 28.7 Å². The first kappa shape index (κ1) is 14.2. The zero-order valence-electron chi connectivity index (χ0n) is 12.2. The van der Waals surface area contributed by atoms with Gasteiger partial charge in [-0.3, -0.25) is 14.4 Å². The Kier molecular flexibility index (Phi) is 3.16. The molecule has 112 valence electrons. The molecule has 22 heavy (non-hydrogen) atoms. The van der Waals surface area contributed by atoms with E-state index in [4.69, 9.17) is 0 Å². The molecule has 0 radical (unpaired) electrons. The van der Waals surface area contributed by atoms with Gasteiger partial charge in [-0.05, 0) is 25.0 Å². The topological polar surface area (TPSA) is 93.9 Å². The van der Waals surface area contributed by atoms with Crippen LogP contribution >= 0.6 is 0 Å².